The number of halogens is 1. The highest BCUT2D eigenvalue weighted by atomic mass is 35.5. The summed E-state index contributed by atoms with van der Waals surface area (Å²) in [5, 5.41) is 0.459. The van der Waals surface area contributed by atoms with Gasteiger partial charge in [-0.2, -0.15) is 0 Å². The number of carbonyl (C=O) groups excluding carboxylic acids is 2. The zero-order valence-electron chi connectivity index (χ0n) is 14.3. The lowest BCUT2D eigenvalue weighted by Gasteiger charge is -2.07. The van der Waals surface area contributed by atoms with Gasteiger partial charge in [-0.25, -0.2) is 4.98 Å². The molecule has 2 aromatic heterocycles. The van der Waals surface area contributed by atoms with Crippen molar-refractivity contribution in [2.24, 2.45) is 0 Å². The van der Waals surface area contributed by atoms with Crippen molar-refractivity contribution >= 4 is 40.2 Å². The normalized spacial score (nSPS) is 10.9. The number of imidazole rings is 1. The lowest BCUT2D eigenvalue weighted by molar-refractivity contribution is -0.142. The molecule has 26 heavy (non-hydrogen) atoms. The van der Waals surface area contributed by atoms with Crippen LogP contribution in [0.25, 0.3) is 16.2 Å². The van der Waals surface area contributed by atoms with Crippen molar-refractivity contribution in [3.8, 4) is 17.0 Å². The minimum atomic E-state index is -0.303. The summed E-state index contributed by atoms with van der Waals surface area (Å²) < 4.78 is 12.1. The maximum Gasteiger partial charge on any atom is 0.311 e. The fraction of sp³-hybridized carbons (Fsp3) is 0.278. The van der Waals surface area contributed by atoms with Crippen LogP contribution in [-0.2, 0) is 16.0 Å². The number of hydrogen-bond acceptors (Lipinski definition) is 6. The standard InChI is InChI=1S/C18H17ClN2O4S/c1-3-24-15-6-5-11(7-13(15)19)17-14(10-22)21-9-12(26-18(21)20-17)8-16(23)25-4-2/h5-7,9-10H,3-4,8H2,1-2H3. The molecule has 0 spiro atoms. The van der Waals surface area contributed by atoms with Gasteiger partial charge in [0.15, 0.2) is 11.2 Å². The maximum atomic E-state index is 11.7. The van der Waals surface area contributed by atoms with E-state index in [4.69, 9.17) is 21.1 Å². The number of aromatic nitrogens is 2. The third-order valence-electron chi connectivity index (χ3n) is 3.65. The van der Waals surface area contributed by atoms with Crippen LogP contribution < -0.4 is 4.74 Å². The van der Waals surface area contributed by atoms with E-state index < -0.39 is 0 Å². The van der Waals surface area contributed by atoms with Gasteiger partial charge >= 0.3 is 5.97 Å². The predicted molar refractivity (Wildman–Crippen MR) is 100 cm³/mol. The lowest BCUT2D eigenvalue weighted by atomic mass is 10.1. The van der Waals surface area contributed by atoms with E-state index in [-0.39, 0.29) is 12.4 Å². The summed E-state index contributed by atoms with van der Waals surface area (Å²) in [6.45, 7) is 4.50. The van der Waals surface area contributed by atoms with E-state index in [0.29, 0.717) is 40.3 Å². The molecule has 0 amide bonds. The largest absolute Gasteiger partial charge is 0.492 e. The number of aldehydes is 1. The molecule has 0 saturated carbocycles. The summed E-state index contributed by atoms with van der Waals surface area (Å²) in [5.41, 5.74) is 1.67. The van der Waals surface area contributed by atoms with Gasteiger partial charge in [0.1, 0.15) is 17.1 Å². The molecule has 1 aromatic carbocycles. The number of ether oxygens (including phenoxy) is 2. The molecule has 0 fully saturated rings. The van der Waals surface area contributed by atoms with Gasteiger partial charge in [-0.05, 0) is 32.0 Å². The van der Waals surface area contributed by atoms with E-state index in [2.05, 4.69) is 4.98 Å². The highest BCUT2D eigenvalue weighted by molar-refractivity contribution is 7.17. The molecule has 136 valence electrons. The number of esters is 1. The first-order chi connectivity index (χ1) is 12.6. The van der Waals surface area contributed by atoms with E-state index in [9.17, 15) is 9.59 Å². The summed E-state index contributed by atoms with van der Waals surface area (Å²) in [6, 6.07) is 5.30. The molecule has 0 aliphatic carbocycles. The van der Waals surface area contributed by atoms with Crippen LogP contribution in [0.15, 0.2) is 24.4 Å². The van der Waals surface area contributed by atoms with Crippen molar-refractivity contribution in [1.82, 2.24) is 9.38 Å². The van der Waals surface area contributed by atoms with Crippen LogP contribution in [0.2, 0.25) is 5.02 Å². The minimum Gasteiger partial charge on any atom is -0.492 e. The Kier molecular flexibility index (Phi) is 5.58. The van der Waals surface area contributed by atoms with Crippen LogP contribution in [0.3, 0.4) is 0 Å². The van der Waals surface area contributed by atoms with Gasteiger partial charge in [0, 0.05) is 16.6 Å². The van der Waals surface area contributed by atoms with Gasteiger partial charge in [-0.3, -0.25) is 14.0 Å². The molecule has 2 heterocycles. The zero-order valence-corrected chi connectivity index (χ0v) is 15.9. The second-order valence-corrected chi connectivity index (χ2v) is 6.87. The Morgan fingerprint density at radius 2 is 2.15 bits per heavy atom. The molecule has 0 radical (unpaired) electrons. The topological polar surface area (TPSA) is 69.9 Å². The Morgan fingerprint density at radius 1 is 1.35 bits per heavy atom. The number of nitrogens with zero attached hydrogens (tertiary/aromatic N) is 2. The molecule has 0 aliphatic heterocycles. The van der Waals surface area contributed by atoms with Gasteiger partial charge in [0.25, 0.3) is 0 Å². The molecule has 0 atom stereocenters. The maximum absolute atomic E-state index is 11.7. The Morgan fingerprint density at radius 3 is 2.81 bits per heavy atom. The Labute approximate surface area is 159 Å². The van der Waals surface area contributed by atoms with Crippen molar-refractivity contribution in [3.05, 3.63) is 40.0 Å². The third-order valence-corrected chi connectivity index (χ3v) is 4.93. The van der Waals surface area contributed by atoms with Crippen molar-refractivity contribution < 1.29 is 19.1 Å². The summed E-state index contributed by atoms with van der Waals surface area (Å²) in [7, 11) is 0. The highest BCUT2D eigenvalue weighted by Crippen LogP contribution is 2.33. The molecule has 3 aromatic rings. The quantitative estimate of drug-likeness (QED) is 0.448. The number of thiazole rings is 1. The van der Waals surface area contributed by atoms with Crippen LogP contribution in [0.5, 0.6) is 5.75 Å². The van der Waals surface area contributed by atoms with Crippen LogP contribution in [0.4, 0.5) is 0 Å². The average molecular weight is 393 g/mol. The van der Waals surface area contributed by atoms with Gasteiger partial charge in [-0.1, -0.05) is 11.6 Å². The highest BCUT2D eigenvalue weighted by Gasteiger charge is 2.18. The molecule has 3 rings (SSSR count). The van der Waals surface area contributed by atoms with E-state index >= 15 is 0 Å². The second kappa shape index (κ2) is 7.88. The Balaban J connectivity index is 1.97. The number of fused-ring (bicyclic) bond motifs is 1. The number of carbonyl (C=O) groups is 2. The molecule has 0 saturated heterocycles. The van der Waals surface area contributed by atoms with Crippen LogP contribution >= 0.6 is 22.9 Å². The fourth-order valence-electron chi connectivity index (χ4n) is 2.59. The second-order valence-electron chi connectivity index (χ2n) is 5.37. The third kappa shape index (κ3) is 3.59. The van der Waals surface area contributed by atoms with E-state index in [1.807, 2.05) is 13.0 Å². The molecular weight excluding hydrogens is 376 g/mol. The van der Waals surface area contributed by atoms with E-state index in [1.165, 1.54) is 11.3 Å². The van der Waals surface area contributed by atoms with Gasteiger partial charge < -0.3 is 9.47 Å². The summed E-state index contributed by atoms with van der Waals surface area (Å²) in [4.78, 5) is 29.3. The molecule has 0 unspecified atom stereocenters. The summed E-state index contributed by atoms with van der Waals surface area (Å²) in [6.07, 6.45) is 2.65. The number of hydrogen-bond donors (Lipinski definition) is 0. The lowest BCUT2D eigenvalue weighted by Crippen LogP contribution is -2.06. The van der Waals surface area contributed by atoms with Crippen LogP contribution in [-0.4, -0.2) is 34.9 Å². The Hall–Kier alpha value is -2.38. The molecule has 0 aliphatic rings. The van der Waals surface area contributed by atoms with Crippen molar-refractivity contribution in [2.45, 2.75) is 20.3 Å². The van der Waals surface area contributed by atoms with E-state index in [1.54, 1.807) is 29.7 Å². The van der Waals surface area contributed by atoms with Crippen LogP contribution in [0.1, 0.15) is 29.2 Å². The predicted octanol–water partition coefficient (Wildman–Crippen LogP) is 4.03. The number of rotatable bonds is 7. The minimum absolute atomic E-state index is 0.157. The number of benzene rings is 1. The van der Waals surface area contributed by atoms with Crippen molar-refractivity contribution in [3.63, 3.8) is 0 Å². The van der Waals surface area contributed by atoms with Gasteiger partial charge in [-0.15, -0.1) is 11.3 Å². The first-order valence-electron chi connectivity index (χ1n) is 8.11. The SMILES string of the molecule is CCOC(=O)Cc1cn2c(C=O)c(-c3ccc(OCC)c(Cl)c3)nc2s1. The fourth-order valence-corrected chi connectivity index (χ4v) is 3.79. The monoisotopic (exact) mass is 392 g/mol. The summed E-state index contributed by atoms with van der Waals surface area (Å²) >= 11 is 7.59. The van der Waals surface area contributed by atoms with Crippen LogP contribution in [0, 0.1) is 0 Å². The smallest absolute Gasteiger partial charge is 0.311 e. The first-order valence-corrected chi connectivity index (χ1v) is 9.31. The summed E-state index contributed by atoms with van der Waals surface area (Å²) in [5.74, 6) is 0.284. The zero-order chi connectivity index (χ0) is 18.7. The van der Waals surface area contributed by atoms with Gasteiger partial charge in [0.05, 0.1) is 24.7 Å². The molecular formula is C18H17ClN2O4S. The molecule has 0 N–H and O–H groups in total. The molecule has 6 nitrogen and oxygen atoms in total. The van der Waals surface area contributed by atoms with Gasteiger partial charge in [0.2, 0.25) is 0 Å². The average Bonchev–Trinajstić information content (AvgIpc) is 3.13. The van der Waals surface area contributed by atoms with Crippen molar-refractivity contribution in [1.29, 1.82) is 0 Å². The van der Waals surface area contributed by atoms with Crippen molar-refractivity contribution in [2.75, 3.05) is 13.2 Å². The molecule has 8 heteroatoms. The first kappa shape index (κ1) is 18.4. The van der Waals surface area contributed by atoms with E-state index in [0.717, 1.165) is 16.7 Å². The molecule has 0 bridgehead atoms. The Bertz CT molecular complexity index is 964.